The lowest BCUT2D eigenvalue weighted by Gasteiger charge is -2.44. The van der Waals surface area contributed by atoms with Gasteiger partial charge in [0.05, 0.1) is 56.3 Å². The van der Waals surface area contributed by atoms with Crippen LogP contribution in [0.2, 0.25) is 0 Å². The maximum atomic E-state index is 15.3. The standard InChI is InChI=1S/C39H39F4N8O5P/c1-54-33-17-29(40)28(16-30(33)41)31-15-27(32(18-45-31)50-14-8-13-39(44,22-50)35(52)36(42)43)19-51-24-48-34-37(46-23-47-38(34)51)49-57(53,55-20-25-9-4-2-5-10-25)56-21-26-11-6-3-7-12-26/h2-7,9-12,15-18,23-24,35-36,52H,8,13-14,19-22,44H2,1H3,(H,46,47,49,53)/t35-,39-/m1/s1. The van der Waals surface area contributed by atoms with Gasteiger partial charge in [0, 0.05) is 24.7 Å². The number of alkyl halides is 2. The first kappa shape index (κ1) is 39.8. The molecule has 1 fully saturated rings. The quantitative estimate of drug-likeness (QED) is 0.0714. The average Bonchev–Trinajstić information content (AvgIpc) is 3.64. The number of nitrogens with two attached hydrogens (primary N) is 1. The fourth-order valence-electron chi connectivity index (χ4n) is 6.70. The van der Waals surface area contributed by atoms with E-state index >= 15 is 4.39 Å². The van der Waals surface area contributed by atoms with Crippen molar-refractivity contribution in [2.24, 2.45) is 5.73 Å². The zero-order chi connectivity index (χ0) is 40.2. The van der Waals surface area contributed by atoms with Crippen LogP contribution in [-0.2, 0) is 33.4 Å². The molecule has 3 aromatic carbocycles. The summed E-state index contributed by atoms with van der Waals surface area (Å²) in [4.78, 5) is 19.4. The number of aliphatic hydroxyl groups excluding tert-OH is 1. The number of anilines is 2. The highest BCUT2D eigenvalue weighted by molar-refractivity contribution is 7.55. The van der Waals surface area contributed by atoms with Gasteiger partial charge >= 0.3 is 7.75 Å². The average molecular weight is 807 g/mol. The van der Waals surface area contributed by atoms with Gasteiger partial charge in [-0.1, -0.05) is 60.7 Å². The molecular weight excluding hydrogens is 767 g/mol. The Kier molecular flexibility index (Phi) is 11.8. The van der Waals surface area contributed by atoms with E-state index in [1.165, 1.54) is 26.0 Å². The summed E-state index contributed by atoms with van der Waals surface area (Å²) in [5, 5.41) is 13.2. The highest BCUT2D eigenvalue weighted by Crippen LogP contribution is 2.50. The van der Waals surface area contributed by atoms with Crippen LogP contribution in [0.25, 0.3) is 22.4 Å². The van der Waals surface area contributed by atoms with Gasteiger partial charge in [-0.25, -0.2) is 37.1 Å². The van der Waals surface area contributed by atoms with Crippen LogP contribution < -0.4 is 20.5 Å². The van der Waals surface area contributed by atoms with Gasteiger partial charge < -0.3 is 25.0 Å². The van der Waals surface area contributed by atoms with E-state index < -0.39 is 37.4 Å². The number of aliphatic hydroxyl groups is 1. The molecule has 0 unspecified atom stereocenters. The molecule has 0 amide bonds. The van der Waals surface area contributed by atoms with Crippen molar-refractivity contribution >= 4 is 30.4 Å². The van der Waals surface area contributed by atoms with Crippen LogP contribution in [0.4, 0.5) is 29.1 Å². The number of halogens is 4. The number of piperidine rings is 1. The Morgan fingerprint density at radius 1 is 0.947 bits per heavy atom. The zero-order valence-electron chi connectivity index (χ0n) is 30.6. The van der Waals surface area contributed by atoms with E-state index in [4.69, 9.17) is 19.5 Å². The van der Waals surface area contributed by atoms with Crippen molar-refractivity contribution < 1.29 is 41.0 Å². The summed E-state index contributed by atoms with van der Waals surface area (Å²) >= 11 is 0. The van der Waals surface area contributed by atoms with Gasteiger partial charge in [0.15, 0.2) is 28.5 Å². The molecule has 4 heterocycles. The molecule has 0 aliphatic carbocycles. The monoisotopic (exact) mass is 806 g/mol. The third kappa shape index (κ3) is 8.92. The van der Waals surface area contributed by atoms with Crippen LogP contribution in [-0.4, -0.2) is 67.9 Å². The molecule has 298 valence electrons. The van der Waals surface area contributed by atoms with Gasteiger partial charge in [0.2, 0.25) is 0 Å². The van der Waals surface area contributed by atoms with Gasteiger partial charge in [-0.05, 0) is 41.7 Å². The first-order valence-electron chi connectivity index (χ1n) is 17.9. The topological polar surface area (TPSA) is 163 Å². The summed E-state index contributed by atoms with van der Waals surface area (Å²) in [7, 11) is -2.89. The lowest BCUT2D eigenvalue weighted by molar-refractivity contribution is -0.0529. The number of nitrogens with one attached hydrogen (secondary N) is 1. The largest absolute Gasteiger partial charge is 0.494 e. The minimum atomic E-state index is -4.11. The van der Waals surface area contributed by atoms with E-state index in [2.05, 4.69) is 25.0 Å². The molecule has 1 saturated heterocycles. The minimum absolute atomic E-state index is 0.0101. The summed E-state index contributed by atoms with van der Waals surface area (Å²) in [5.74, 6) is -1.82. The number of aromatic nitrogens is 5. The molecule has 0 spiro atoms. The highest BCUT2D eigenvalue weighted by Gasteiger charge is 2.43. The van der Waals surface area contributed by atoms with E-state index in [0.717, 1.165) is 23.3 Å². The number of rotatable bonds is 15. The van der Waals surface area contributed by atoms with Crippen LogP contribution in [0.1, 0.15) is 29.5 Å². The van der Waals surface area contributed by atoms with Crippen molar-refractivity contribution in [2.75, 3.05) is 30.2 Å². The van der Waals surface area contributed by atoms with Crippen LogP contribution in [0.15, 0.2) is 97.7 Å². The molecule has 1 aliphatic rings. The molecule has 18 heteroatoms. The Bertz CT molecular complexity index is 2330. The number of hydrogen-bond donors (Lipinski definition) is 3. The molecule has 7 rings (SSSR count). The van der Waals surface area contributed by atoms with Gasteiger partial charge in [-0.15, -0.1) is 0 Å². The lowest BCUT2D eigenvalue weighted by atomic mass is 9.84. The molecule has 4 N–H and O–H groups in total. The van der Waals surface area contributed by atoms with Gasteiger partial charge in [-0.3, -0.25) is 19.1 Å². The number of imidazole rings is 1. The Hall–Kier alpha value is -5.45. The molecule has 0 bridgehead atoms. The Morgan fingerprint density at radius 3 is 2.28 bits per heavy atom. The van der Waals surface area contributed by atoms with Crippen molar-refractivity contribution in [1.29, 1.82) is 0 Å². The van der Waals surface area contributed by atoms with Crippen molar-refractivity contribution in [3.05, 3.63) is 126 Å². The van der Waals surface area contributed by atoms with E-state index in [1.54, 1.807) is 15.5 Å². The van der Waals surface area contributed by atoms with E-state index in [0.29, 0.717) is 24.2 Å². The van der Waals surface area contributed by atoms with Gasteiger partial charge in [-0.2, -0.15) is 0 Å². The fraction of sp³-hybridized carbons (Fsp3) is 0.282. The van der Waals surface area contributed by atoms with Crippen molar-refractivity contribution in [1.82, 2.24) is 24.5 Å². The smallest absolute Gasteiger partial charge is 0.434 e. The zero-order valence-corrected chi connectivity index (χ0v) is 31.5. The second-order valence-electron chi connectivity index (χ2n) is 13.6. The maximum Gasteiger partial charge on any atom is 0.434 e. The highest BCUT2D eigenvalue weighted by atomic mass is 31.2. The number of ether oxygens (including phenoxy) is 1. The van der Waals surface area contributed by atoms with E-state index in [9.17, 15) is 22.8 Å². The summed E-state index contributed by atoms with van der Waals surface area (Å²) in [6, 6.07) is 21.7. The van der Waals surface area contributed by atoms with Gasteiger partial charge in [0.25, 0.3) is 6.43 Å². The maximum absolute atomic E-state index is 15.3. The summed E-state index contributed by atoms with van der Waals surface area (Å²) in [6.45, 7) is 0.180. The van der Waals surface area contributed by atoms with E-state index in [-0.39, 0.29) is 66.7 Å². The van der Waals surface area contributed by atoms with E-state index in [1.807, 2.05) is 60.7 Å². The molecule has 3 aromatic heterocycles. The third-order valence-corrected chi connectivity index (χ3v) is 11.1. The van der Waals surface area contributed by atoms with Gasteiger partial charge in [0.1, 0.15) is 18.2 Å². The SMILES string of the molecule is COc1cc(F)c(-c2cc(Cn3cnc4c(NP(=O)(OCc5ccccc5)OCc5ccccc5)ncnc43)c(N3CCC[C@](N)([C@H](O)C(F)F)C3)cn2)cc1F. The lowest BCUT2D eigenvalue weighted by Crippen LogP contribution is -2.63. The second-order valence-corrected chi connectivity index (χ2v) is 15.3. The number of methoxy groups -OCH3 is 1. The van der Waals surface area contributed by atoms with Crippen molar-refractivity contribution in [3.8, 4) is 17.0 Å². The molecule has 57 heavy (non-hydrogen) atoms. The molecule has 13 nitrogen and oxygen atoms in total. The first-order valence-corrected chi connectivity index (χ1v) is 19.4. The Balaban J connectivity index is 1.24. The minimum Gasteiger partial charge on any atom is -0.494 e. The van der Waals surface area contributed by atoms with Crippen molar-refractivity contribution in [3.63, 3.8) is 0 Å². The molecule has 2 atom stereocenters. The number of benzene rings is 3. The number of hydrogen-bond acceptors (Lipinski definition) is 11. The summed E-state index contributed by atoms with van der Waals surface area (Å²) in [6.07, 6.45) is -0.476. The fourth-order valence-corrected chi connectivity index (χ4v) is 7.97. The van der Waals surface area contributed by atoms with Crippen LogP contribution >= 0.6 is 7.75 Å². The Labute approximate surface area is 325 Å². The normalized spacial score (nSPS) is 16.6. The number of nitrogens with zero attached hydrogens (tertiary/aromatic N) is 6. The van der Waals surface area contributed by atoms with Crippen LogP contribution in [0.5, 0.6) is 5.75 Å². The van der Waals surface area contributed by atoms with Crippen LogP contribution in [0.3, 0.4) is 0 Å². The molecule has 1 aliphatic heterocycles. The Morgan fingerprint density at radius 2 is 1.63 bits per heavy atom. The summed E-state index contributed by atoms with van der Waals surface area (Å²) < 4.78 is 90.2. The number of pyridine rings is 1. The first-order chi connectivity index (χ1) is 27.4. The summed E-state index contributed by atoms with van der Waals surface area (Å²) in [5.41, 5.74) is 7.62. The molecule has 0 saturated carbocycles. The predicted octanol–water partition coefficient (Wildman–Crippen LogP) is 7.10. The number of fused-ring (bicyclic) bond motifs is 1. The third-order valence-electron chi connectivity index (χ3n) is 9.68. The van der Waals surface area contributed by atoms with Crippen LogP contribution in [0, 0.1) is 11.6 Å². The predicted molar refractivity (Wildman–Crippen MR) is 205 cm³/mol. The molecule has 6 aromatic rings. The molecule has 0 radical (unpaired) electrons. The molecular formula is C39H39F4N8O5P. The van der Waals surface area contributed by atoms with Crippen molar-refractivity contribution in [2.45, 2.75) is 50.7 Å². The second kappa shape index (κ2) is 17.0.